The standard InChI is InChI=1S/C6H11.C4H10O.Li/c1-2-4-6-5-3-1;1-3-5-4-2;/h1H,2-6H2;3-4H2,1-2H3;/q-1;;+1. The monoisotopic (exact) mass is 164 g/mol. The second-order valence-electron chi connectivity index (χ2n) is 2.71. The van der Waals surface area contributed by atoms with Crippen molar-refractivity contribution in [2.75, 3.05) is 13.2 Å². The van der Waals surface area contributed by atoms with Crippen LogP contribution < -0.4 is 18.9 Å². The molecule has 0 saturated heterocycles. The summed E-state index contributed by atoms with van der Waals surface area (Å²) in [5.41, 5.74) is 0. The Morgan fingerprint density at radius 1 is 1.00 bits per heavy atom. The van der Waals surface area contributed by atoms with Gasteiger partial charge in [0.05, 0.1) is 0 Å². The third-order valence-corrected chi connectivity index (χ3v) is 1.72. The van der Waals surface area contributed by atoms with E-state index in [1.807, 2.05) is 13.8 Å². The van der Waals surface area contributed by atoms with E-state index in [0.29, 0.717) is 0 Å². The molecule has 0 amide bonds. The minimum absolute atomic E-state index is 0. The Balaban J connectivity index is 0. The normalized spacial score (nSPS) is 15.5. The molecule has 0 spiro atoms. The predicted molar refractivity (Wildman–Crippen MR) is 49.6 cm³/mol. The van der Waals surface area contributed by atoms with Crippen molar-refractivity contribution >= 4 is 0 Å². The minimum atomic E-state index is 0. The number of hydrogen-bond donors (Lipinski definition) is 0. The Bertz CT molecular complexity index is 49.3. The Hall–Kier alpha value is 0.557. The van der Waals surface area contributed by atoms with E-state index in [-0.39, 0.29) is 18.9 Å². The van der Waals surface area contributed by atoms with Crippen molar-refractivity contribution < 1.29 is 23.6 Å². The smallest absolute Gasteiger partial charge is 0.382 e. The largest absolute Gasteiger partial charge is 1.00 e. The fourth-order valence-electron chi connectivity index (χ4n) is 1.10. The van der Waals surface area contributed by atoms with E-state index >= 15 is 0 Å². The maximum atomic E-state index is 4.83. The quantitative estimate of drug-likeness (QED) is 0.418. The van der Waals surface area contributed by atoms with Gasteiger partial charge in [-0.3, -0.25) is 0 Å². The van der Waals surface area contributed by atoms with Crippen molar-refractivity contribution in [2.45, 2.75) is 46.0 Å². The van der Waals surface area contributed by atoms with Crippen LogP contribution in [0.3, 0.4) is 0 Å². The molecule has 1 aliphatic rings. The second kappa shape index (κ2) is 14.1. The molecule has 0 aliphatic heterocycles. The Kier molecular flexibility index (Phi) is 17.7. The maximum Gasteiger partial charge on any atom is 1.00 e. The summed E-state index contributed by atoms with van der Waals surface area (Å²) in [5.74, 6) is 0. The van der Waals surface area contributed by atoms with E-state index in [4.69, 9.17) is 4.74 Å². The second-order valence-corrected chi connectivity index (χ2v) is 2.71. The molecule has 68 valence electrons. The van der Waals surface area contributed by atoms with Crippen LogP contribution in [0.4, 0.5) is 0 Å². The molecule has 2 heteroatoms. The first-order valence-corrected chi connectivity index (χ1v) is 4.81. The van der Waals surface area contributed by atoms with E-state index in [9.17, 15) is 0 Å². The molecule has 1 saturated carbocycles. The topological polar surface area (TPSA) is 9.23 Å². The Morgan fingerprint density at radius 3 is 1.58 bits per heavy atom. The van der Waals surface area contributed by atoms with E-state index < -0.39 is 0 Å². The minimum Gasteiger partial charge on any atom is -0.382 e. The predicted octanol–water partition coefficient (Wildman–Crippen LogP) is 0.202. The van der Waals surface area contributed by atoms with E-state index in [0.717, 1.165) is 13.2 Å². The summed E-state index contributed by atoms with van der Waals surface area (Å²) in [6.07, 6.45) is 9.50. The van der Waals surface area contributed by atoms with Gasteiger partial charge in [-0.2, -0.15) is 12.8 Å². The van der Waals surface area contributed by atoms with Crippen molar-refractivity contribution in [3.63, 3.8) is 0 Å². The fourth-order valence-corrected chi connectivity index (χ4v) is 1.10. The molecular formula is C10H21LiO. The van der Waals surface area contributed by atoms with Gasteiger partial charge < -0.3 is 11.2 Å². The van der Waals surface area contributed by atoms with Gasteiger partial charge in [0.15, 0.2) is 0 Å². The molecule has 0 aromatic heterocycles. The van der Waals surface area contributed by atoms with Crippen LogP contribution in [-0.4, -0.2) is 13.2 Å². The van der Waals surface area contributed by atoms with Crippen LogP contribution in [0.5, 0.6) is 0 Å². The van der Waals surface area contributed by atoms with Crippen LogP contribution >= 0.6 is 0 Å². The molecule has 1 rings (SSSR count). The molecule has 0 aromatic rings. The summed E-state index contributed by atoms with van der Waals surface area (Å²) >= 11 is 0. The molecule has 0 atom stereocenters. The zero-order valence-electron chi connectivity index (χ0n) is 8.94. The van der Waals surface area contributed by atoms with Gasteiger partial charge in [0, 0.05) is 13.2 Å². The zero-order chi connectivity index (χ0) is 8.36. The van der Waals surface area contributed by atoms with Crippen molar-refractivity contribution in [3.05, 3.63) is 6.42 Å². The summed E-state index contributed by atoms with van der Waals surface area (Å²) in [7, 11) is 0. The van der Waals surface area contributed by atoms with Gasteiger partial charge in [-0.05, 0) is 13.8 Å². The Morgan fingerprint density at radius 2 is 1.50 bits per heavy atom. The van der Waals surface area contributed by atoms with Gasteiger partial charge in [0.25, 0.3) is 0 Å². The summed E-state index contributed by atoms with van der Waals surface area (Å²) < 4.78 is 4.83. The van der Waals surface area contributed by atoms with Crippen LogP contribution in [0.1, 0.15) is 46.0 Å². The summed E-state index contributed by atoms with van der Waals surface area (Å²) in [6, 6.07) is 0. The van der Waals surface area contributed by atoms with Gasteiger partial charge in [-0.15, -0.1) is 0 Å². The Labute approximate surface area is 89.4 Å². The fraction of sp³-hybridized carbons (Fsp3) is 0.900. The number of ether oxygens (including phenoxy) is 1. The number of rotatable bonds is 2. The molecule has 1 aliphatic carbocycles. The zero-order valence-corrected chi connectivity index (χ0v) is 8.94. The van der Waals surface area contributed by atoms with Gasteiger partial charge in [-0.1, -0.05) is 19.3 Å². The molecular weight excluding hydrogens is 143 g/mol. The molecule has 0 aromatic carbocycles. The third-order valence-electron chi connectivity index (χ3n) is 1.72. The van der Waals surface area contributed by atoms with Crippen molar-refractivity contribution in [1.29, 1.82) is 0 Å². The van der Waals surface area contributed by atoms with Crippen molar-refractivity contribution in [1.82, 2.24) is 0 Å². The molecule has 0 heterocycles. The first kappa shape index (κ1) is 15.0. The third kappa shape index (κ3) is 13.2. The molecule has 1 nitrogen and oxygen atoms in total. The van der Waals surface area contributed by atoms with E-state index in [1.54, 1.807) is 0 Å². The van der Waals surface area contributed by atoms with Gasteiger partial charge in [0.2, 0.25) is 0 Å². The molecule has 0 bridgehead atoms. The van der Waals surface area contributed by atoms with E-state index in [1.165, 1.54) is 32.1 Å². The van der Waals surface area contributed by atoms with Crippen LogP contribution in [0.25, 0.3) is 0 Å². The summed E-state index contributed by atoms with van der Waals surface area (Å²) in [5, 5.41) is 0. The average molecular weight is 164 g/mol. The van der Waals surface area contributed by atoms with E-state index in [2.05, 4.69) is 6.42 Å². The van der Waals surface area contributed by atoms with Crippen LogP contribution in [0.2, 0.25) is 0 Å². The molecule has 0 unspecified atom stereocenters. The van der Waals surface area contributed by atoms with Gasteiger partial charge in [0.1, 0.15) is 0 Å². The van der Waals surface area contributed by atoms with Gasteiger partial charge in [-0.25, -0.2) is 0 Å². The number of hydrogen-bond acceptors (Lipinski definition) is 1. The van der Waals surface area contributed by atoms with Crippen LogP contribution in [0.15, 0.2) is 0 Å². The molecule has 0 radical (unpaired) electrons. The molecule has 1 fully saturated rings. The van der Waals surface area contributed by atoms with Gasteiger partial charge >= 0.3 is 18.9 Å². The summed E-state index contributed by atoms with van der Waals surface area (Å²) in [6.45, 7) is 5.67. The van der Waals surface area contributed by atoms with Crippen molar-refractivity contribution in [2.24, 2.45) is 0 Å². The maximum absolute atomic E-state index is 4.83. The molecule has 12 heavy (non-hydrogen) atoms. The SMILES string of the molecule is CCOCC.[CH-]1CCCCC1.[Li+]. The van der Waals surface area contributed by atoms with Crippen LogP contribution in [0, 0.1) is 6.42 Å². The summed E-state index contributed by atoms with van der Waals surface area (Å²) in [4.78, 5) is 0. The first-order valence-electron chi connectivity index (χ1n) is 4.81. The molecule has 0 N–H and O–H groups in total. The van der Waals surface area contributed by atoms with Crippen molar-refractivity contribution in [3.8, 4) is 0 Å². The first-order chi connectivity index (χ1) is 5.41. The average Bonchev–Trinajstić information content (AvgIpc) is 2.10. The van der Waals surface area contributed by atoms with Crippen LogP contribution in [-0.2, 0) is 4.74 Å².